The van der Waals surface area contributed by atoms with Crippen molar-refractivity contribution in [3.8, 4) is 0 Å². The molecule has 0 aliphatic heterocycles. The number of hydrogen-bond donors (Lipinski definition) is 0. The lowest BCUT2D eigenvalue weighted by atomic mass is 10.2. The minimum atomic E-state index is -1.40. The molecule has 0 bridgehead atoms. The lowest BCUT2D eigenvalue weighted by Gasteiger charge is -2.43. The van der Waals surface area contributed by atoms with Gasteiger partial charge in [0.25, 0.3) is 0 Å². The maximum Gasteiger partial charge on any atom is 0.186 e. The summed E-state index contributed by atoms with van der Waals surface area (Å²) >= 11 is 0. The van der Waals surface area contributed by atoms with Crippen LogP contribution in [0.25, 0.3) is 0 Å². The van der Waals surface area contributed by atoms with Gasteiger partial charge < -0.3 is 13.2 Å². The second kappa shape index (κ2) is 12.0. The number of hydrogen-bond acceptors (Lipinski definition) is 3. The standard InChI is InChI=1S/C21H54N2OSi4/c1-24-28(11,12)21-17-19-22(25(2,3)4)18-15-13-14-16-20-23(26(5,6)7)27(8,9)10/h13-21H2,1-12H3. The van der Waals surface area contributed by atoms with Crippen LogP contribution in [0.3, 0.4) is 0 Å². The first-order valence-electron chi connectivity index (χ1n) is 11.6. The van der Waals surface area contributed by atoms with E-state index in [9.17, 15) is 0 Å². The fourth-order valence-electron chi connectivity index (χ4n) is 4.18. The summed E-state index contributed by atoms with van der Waals surface area (Å²) in [6, 6.07) is 1.29. The van der Waals surface area contributed by atoms with Gasteiger partial charge in [-0.1, -0.05) is 71.8 Å². The van der Waals surface area contributed by atoms with Crippen LogP contribution in [0.5, 0.6) is 0 Å². The van der Waals surface area contributed by atoms with E-state index in [1.807, 2.05) is 7.11 Å². The van der Waals surface area contributed by atoms with Crippen LogP contribution in [0.15, 0.2) is 0 Å². The molecule has 0 saturated heterocycles. The van der Waals surface area contributed by atoms with Gasteiger partial charge in [0.1, 0.15) is 24.7 Å². The van der Waals surface area contributed by atoms with Crippen LogP contribution in [0.1, 0.15) is 32.1 Å². The van der Waals surface area contributed by atoms with Crippen LogP contribution in [0, 0.1) is 0 Å². The molecular formula is C21H54N2OSi4. The summed E-state index contributed by atoms with van der Waals surface area (Å²) in [5, 5.41) is 0. The van der Waals surface area contributed by atoms with Gasteiger partial charge in [-0.05, 0) is 58.0 Å². The topological polar surface area (TPSA) is 15.7 Å². The molecule has 28 heavy (non-hydrogen) atoms. The highest BCUT2D eigenvalue weighted by atomic mass is 28.4. The fraction of sp³-hybridized carbons (Fsp3) is 1.00. The Morgan fingerprint density at radius 3 is 1.36 bits per heavy atom. The predicted octanol–water partition coefficient (Wildman–Crippen LogP) is 6.90. The van der Waals surface area contributed by atoms with Crippen LogP contribution in [0.2, 0.25) is 78.1 Å². The van der Waals surface area contributed by atoms with Crippen molar-refractivity contribution in [2.24, 2.45) is 0 Å². The molecule has 0 rings (SSSR count). The van der Waals surface area contributed by atoms with Gasteiger partial charge in [-0.15, -0.1) is 0 Å². The Morgan fingerprint density at radius 2 is 0.964 bits per heavy atom. The van der Waals surface area contributed by atoms with Gasteiger partial charge in [0.15, 0.2) is 8.32 Å². The van der Waals surface area contributed by atoms with E-state index in [0.29, 0.717) is 0 Å². The van der Waals surface area contributed by atoms with E-state index in [0.717, 1.165) is 0 Å². The Hall–Kier alpha value is 0.748. The highest BCUT2D eigenvalue weighted by Crippen LogP contribution is 2.21. The second-order valence-corrected chi connectivity index (χ2v) is 31.7. The third kappa shape index (κ3) is 12.4. The molecule has 0 N–H and O–H groups in total. The molecule has 3 nitrogen and oxygen atoms in total. The SMILES string of the molecule is CO[Si](C)(C)CCCN(CCCCCCN([Si](C)(C)C)[Si](C)(C)C)[Si](C)(C)C. The molecule has 0 aliphatic carbocycles. The maximum absolute atomic E-state index is 5.73. The summed E-state index contributed by atoms with van der Waals surface area (Å²) in [5.74, 6) is 0. The van der Waals surface area contributed by atoms with Crippen molar-refractivity contribution in [1.29, 1.82) is 0 Å². The number of unbranched alkanes of at least 4 members (excludes halogenated alkanes) is 3. The Bertz CT molecular complexity index is 412. The zero-order chi connectivity index (χ0) is 22.2. The normalized spacial score (nSPS) is 14.4. The molecular weight excluding hydrogens is 409 g/mol. The molecule has 0 aromatic heterocycles. The molecule has 170 valence electrons. The number of nitrogens with zero attached hydrogens (tertiary/aromatic N) is 2. The van der Waals surface area contributed by atoms with Crippen molar-refractivity contribution < 1.29 is 4.43 Å². The molecule has 0 radical (unpaired) electrons. The second-order valence-electron chi connectivity index (χ2n) is 12.1. The molecule has 0 amide bonds. The molecule has 7 heteroatoms. The van der Waals surface area contributed by atoms with Crippen molar-refractivity contribution in [3.63, 3.8) is 0 Å². The largest absolute Gasteiger partial charge is 0.420 e. The van der Waals surface area contributed by atoms with Crippen molar-refractivity contribution in [3.05, 3.63) is 0 Å². The smallest absolute Gasteiger partial charge is 0.186 e. The Labute approximate surface area is 183 Å². The van der Waals surface area contributed by atoms with Crippen molar-refractivity contribution in [2.45, 2.75) is 110 Å². The summed E-state index contributed by atoms with van der Waals surface area (Å²) in [6.07, 6.45) is 6.85. The molecule has 0 aliphatic rings. The fourth-order valence-corrected chi connectivity index (χ4v) is 16.8. The van der Waals surface area contributed by atoms with Gasteiger partial charge in [-0.25, -0.2) is 0 Å². The van der Waals surface area contributed by atoms with Crippen molar-refractivity contribution >= 4 is 33.0 Å². The van der Waals surface area contributed by atoms with Crippen LogP contribution in [-0.2, 0) is 4.43 Å². The average Bonchev–Trinajstić information content (AvgIpc) is 2.48. The Balaban J connectivity index is 4.31. The summed E-state index contributed by atoms with van der Waals surface area (Å²) in [4.78, 5) is 0. The summed E-state index contributed by atoms with van der Waals surface area (Å²) < 4.78 is 11.5. The van der Waals surface area contributed by atoms with Crippen LogP contribution < -0.4 is 0 Å². The van der Waals surface area contributed by atoms with E-state index in [4.69, 9.17) is 4.43 Å². The Kier molecular flexibility index (Phi) is 12.3. The average molecular weight is 463 g/mol. The van der Waals surface area contributed by atoms with E-state index in [1.54, 1.807) is 0 Å². The molecule has 0 heterocycles. The molecule has 0 aromatic carbocycles. The van der Waals surface area contributed by atoms with E-state index in [1.165, 1.54) is 57.8 Å². The van der Waals surface area contributed by atoms with Crippen molar-refractivity contribution in [1.82, 2.24) is 8.80 Å². The Morgan fingerprint density at radius 1 is 0.536 bits per heavy atom. The third-order valence-electron chi connectivity index (χ3n) is 5.89. The van der Waals surface area contributed by atoms with E-state index < -0.39 is 33.0 Å². The molecule has 0 atom stereocenters. The molecule has 0 spiro atoms. The lowest BCUT2D eigenvalue weighted by molar-refractivity contribution is 0.381. The molecule has 0 fully saturated rings. The van der Waals surface area contributed by atoms with E-state index in [2.05, 4.69) is 80.8 Å². The van der Waals surface area contributed by atoms with Crippen LogP contribution in [0.4, 0.5) is 0 Å². The molecule has 0 aromatic rings. The highest BCUT2D eigenvalue weighted by Gasteiger charge is 2.33. The van der Waals surface area contributed by atoms with Gasteiger partial charge in [0.05, 0.1) is 0 Å². The highest BCUT2D eigenvalue weighted by molar-refractivity contribution is 6.89. The first-order valence-corrected chi connectivity index (χ1v) is 25.0. The maximum atomic E-state index is 5.73. The summed E-state index contributed by atoms with van der Waals surface area (Å²) in [5.41, 5.74) is 0. The molecule has 0 saturated carbocycles. The monoisotopic (exact) mass is 462 g/mol. The van der Waals surface area contributed by atoms with Crippen molar-refractivity contribution in [2.75, 3.05) is 26.7 Å². The predicted molar refractivity (Wildman–Crippen MR) is 141 cm³/mol. The van der Waals surface area contributed by atoms with Crippen LogP contribution >= 0.6 is 0 Å². The van der Waals surface area contributed by atoms with Gasteiger partial charge in [-0.2, -0.15) is 0 Å². The summed E-state index contributed by atoms with van der Waals surface area (Å²) in [7, 11) is -3.09. The van der Waals surface area contributed by atoms with E-state index >= 15 is 0 Å². The lowest BCUT2D eigenvalue weighted by Crippen LogP contribution is -2.59. The molecule has 0 unspecified atom stereocenters. The quantitative estimate of drug-likeness (QED) is 0.194. The zero-order valence-electron chi connectivity index (χ0n) is 21.7. The van der Waals surface area contributed by atoms with Gasteiger partial charge >= 0.3 is 0 Å². The number of rotatable bonds is 15. The van der Waals surface area contributed by atoms with Gasteiger partial charge in [0.2, 0.25) is 0 Å². The van der Waals surface area contributed by atoms with Gasteiger partial charge in [0, 0.05) is 7.11 Å². The minimum absolute atomic E-state index is 1.18. The summed E-state index contributed by atoms with van der Waals surface area (Å²) in [6.45, 7) is 31.2. The first kappa shape index (κ1) is 28.7. The third-order valence-corrected chi connectivity index (χ3v) is 18.6. The van der Waals surface area contributed by atoms with Gasteiger partial charge in [-0.3, -0.25) is 0 Å². The van der Waals surface area contributed by atoms with E-state index in [-0.39, 0.29) is 0 Å². The first-order chi connectivity index (χ1) is 12.5. The minimum Gasteiger partial charge on any atom is -0.420 e. The zero-order valence-corrected chi connectivity index (χ0v) is 25.7. The van der Waals surface area contributed by atoms with Crippen LogP contribution in [-0.4, -0.2) is 68.6 Å².